The summed E-state index contributed by atoms with van der Waals surface area (Å²) in [7, 11) is -3.71. The predicted molar refractivity (Wildman–Crippen MR) is 154 cm³/mol. The summed E-state index contributed by atoms with van der Waals surface area (Å²) in [5.41, 5.74) is 3.13. The Morgan fingerprint density at radius 2 is 1.72 bits per heavy atom. The fraction of sp³-hybridized carbons (Fsp3) is 0.357. The lowest BCUT2D eigenvalue weighted by Crippen LogP contribution is -2.40. The third kappa shape index (κ3) is 5.07. The number of nitrogens with zero attached hydrogens (tertiary/aromatic N) is 4. The van der Waals surface area contributed by atoms with E-state index in [1.54, 1.807) is 12.1 Å². The highest BCUT2D eigenvalue weighted by molar-refractivity contribution is 7.89. The smallest absolute Gasteiger partial charge is 0.265 e. The summed E-state index contributed by atoms with van der Waals surface area (Å²) >= 11 is 1.38. The number of carbonyl (C=O) groups excluding carboxylic acids is 1. The van der Waals surface area contributed by atoms with E-state index in [4.69, 9.17) is 4.74 Å². The molecule has 0 atom stereocenters. The van der Waals surface area contributed by atoms with Gasteiger partial charge in [-0.2, -0.15) is 9.40 Å². The van der Waals surface area contributed by atoms with Crippen molar-refractivity contribution in [1.82, 2.24) is 14.1 Å². The first kappa shape index (κ1) is 26.0. The Bertz CT molecular complexity index is 1600. The summed E-state index contributed by atoms with van der Waals surface area (Å²) in [5.74, 6) is -0.269. The van der Waals surface area contributed by atoms with Crippen molar-refractivity contribution >= 4 is 48.9 Å². The first-order chi connectivity index (χ1) is 18.9. The number of aromatic nitrogens is 2. The summed E-state index contributed by atoms with van der Waals surface area (Å²) in [4.78, 5) is 17.5. The van der Waals surface area contributed by atoms with Crippen LogP contribution >= 0.6 is 11.3 Å². The van der Waals surface area contributed by atoms with Crippen LogP contribution in [0.15, 0.2) is 59.5 Å². The monoisotopic (exact) mass is 565 g/mol. The lowest BCUT2D eigenvalue weighted by atomic mass is 10.1. The fourth-order valence-corrected chi connectivity index (χ4v) is 7.72. The van der Waals surface area contributed by atoms with Crippen molar-refractivity contribution in [2.75, 3.05) is 49.6 Å². The quantitative estimate of drug-likeness (QED) is 0.365. The average Bonchev–Trinajstić information content (AvgIpc) is 3.55. The van der Waals surface area contributed by atoms with Gasteiger partial charge in [0.1, 0.15) is 4.83 Å². The normalized spacial score (nSPS) is 17.0. The zero-order valence-corrected chi connectivity index (χ0v) is 23.4. The maximum atomic E-state index is 13.6. The van der Waals surface area contributed by atoms with Gasteiger partial charge in [-0.15, -0.1) is 11.3 Å². The van der Waals surface area contributed by atoms with Crippen molar-refractivity contribution in [3.8, 4) is 5.69 Å². The molecule has 39 heavy (non-hydrogen) atoms. The molecule has 0 radical (unpaired) electrons. The fourth-order valence-electron chi connectivity index (χ4n) is 5.21. The first-order valence-corrected chi connectivity index (χ1v) is 15.5. The number of nitrogens with one attached hydrogen (secondary N) is 1. The van der Waals surface area contributed by atoms with Gasteiger partial charge in [-0.05, 0) is 62.6 Å². The molecule has 0 spiro atoms. The van der Waals surface area contributed by atoms with Crippen LogP contribution in [0, 0.1) is 6.92 Å². The SMILES string of the molecule is Cc1nn(-c2ccccc2)c2sc(C(=O)Nc3cc(S(=O)(=O)N4CCOCC4)ccc3N3CCCCC3)cc12. The van der Waals surface area contributed by atoms with Crippen LogP contribution < -0.4 is 10.2 Å². The van der Waals surface area contributed by atoms with E-state index in [9.17, 15) is 13.2 Å². The lowest BCUT2D eigenvalue weighted by molar-refractivity contribution is 0.0730. The first-order valence-electron chi connectivity index (χ1n) is 13.2. The summed E-state index contributed by atoms with van der Waals surface area (Å²) in [6, 6.07) is 16.8. The molecule has 2 aliphatic rings. The molecule has 2 aromatic heterocycles. The van der Waals surface area contributed by atoms with E-state index in [-0.39, 0.29) is 10.8 Å². The Labute approximate surface area is 232 Å². The number of benzene rings is 2. The van der Waals surface area contributed by atoms with Gasteiger partial charge < -0.3 is 15.0 Å². The van der Waals surface area contributed by atoms with Crippen molar-refractivity contribution in [1.29, 1.82) is 0 Å². The molecule has 11 heteroatoms. The largest absolute Gasteiger partial charge is 0.379 e. The van der Waals surface area contributed by atoms with Gasteiger partial charge in [-0.1, -0.05) is 18.2 Å². The van der Waals surface area contributed by atoms with E-state index < -0.39 is 10.0 Å². The molecule has 4 aromatic rings. The van der Waals surface area contributed by atoms with Gasteiger partial charge in [-0.3, -0.25) is 4.79 Å². The Balaban J connectivity index is 1.35. The molecular weight excluding hydrogens is 534 g/mol. The summed E-state index contributed by atoms with van der Waals surface area (Å²) in [6.45, 7) is 5.06. The van der Waals surface area contributed by atoms with Crippen LogP contribution in [0.5, 0.6) is 0 Å². The maximum absolute atomic E-state index is 13.6. The highest BCUT2D eigenvalue weighted by Gasteiger charge is 2.28. The molecule has 4 heterocycles. The molecule has 2 saturated heterocycles. The Kier molecular flexibility index (Phi) is 7.15. The number of carbonyl (C=O) groups is 1. The highest BCUT2D eigenvalue weighted by Crippen LogP contribution is 2.35. The number of anilines is 2. The molecule has 0 unspecified atom stereocenters. The minimum atomic E-state index is -3.71. The topological polar surface area (TPSA) is 96.8 Å². The van der Waals surface area contributed by atoms with E-state index >= 15 is 0 Å². The Morgan fingerprint density at radius 3 is 2.46 bits per heavy atom. The van der Waals surface area contributed by atoms with E-state index in [2.05, 4.69) is 15.3 Å². The number of rotatable bonds is 6. The van der Waals surface area contributed by atoms with Crippen LogP contribution in [-0.2, 0) is 14.8 Å². The number of para-hydroxylation sites is 1. The number of ether oxygens (including phenoxy) is 1. The molecule has 204 valence electrons. The average molecular weight is 566 g/mol. The summed E-state index contributed by atoms with van der Waals surface area (Å²) < 4.78 is 35.5. The van der Waals surface area contributed by atoms with Crippen LogP contribution in [0.25, 0.3) is 15.9 Å². The van der Waals surface area contributed by atoms with Gasteiger partial charge in [0.15, 0.2) is 0 Å². The zero-order valence-electron chi connectivity index (χ0n) is 21.8. The third-order valence-corrected chi connectivity index (χ3v) is 10.3. The number of hydrogen-bond donors (Lipinski definition) is 1. The van der Waals surface area contributed by atoms with Crippen molar-refractivity contribution in [3.63, 3.8) is 0 Å². The van der Waals surface area contributed by atoms with Gasteiger partial charge in [0.05, 0.1) is 45.7 Å². The number of fused-ring (bicyclic) bond motifs is 1. The highest BCUT2D eigenvalue weighted by atomic mass is 32.2. The molecule has 9 nitrogen and oxygen atoms in total. The Morgan fingerprint density at radius 1 is 0.974 bits per heavy atom. The molecule has 0 saturated carbocycles. The van der Waals surface area contributed by atoms with Gasteiger partial charge in [0, 0.05) is 31.6 Å². The molecule has 2 aliphatic heterocycles. The zero-order chi connectivity index (χ0) is 27.0. The van der Waals surface area contributed by atoms with Gasteiger partial charge in [0.2, 0.25) is 10.0 Å². The molecule has 0 bridgehead atoms. The Hall–Kier alpha value is -3.25. The van der Waals surface area contributed by atoms with Crippen LogP contribution in [0.3, 0.4) is 0 Å². The van der Waals surface area contributed by atoms with Gasteiger partial charge in [-0.25, -0.2) is 13.1 Å². The van der Waals surface area contributed by atoms with Crippen LogP contribution in [-0.4, -0.2) is 67.8 Å². The van der Waals surface area contributed by atoms with Gasteiger partial charge in [0.25, 0.3) is 5.91 Å². The van der Waals surface area contributed by atoms with Crippen molar-refractivity contribution < 1.29 is 17.9 Å². The third-order valence-electron chi connectivity index (χ3n) is 7.29. The standard InChI is InChI=1S/C28H31N5O4S2/c1-20-23-19-26(38-28(23)33(30-20)21-8-4-2-5-9-21)27(34)29-24-18-22(39(35,36)32-14-16-37-17-15-32)10-11-25(24)31-12-6-3-7-13-31/h2,4-5,8-11,18-19H,3,6-7,12-17H2,1H3,(H,29,34). The molecule has 0 aliphatic carbocycles. The van der Waals surface area contributed by atoms with Crippen LogP contribution in [0.2, 0.25) is 0 Å². The minimum absolute atomic E-state index is 0.173. The van der Waals surface area contributed by atoms with E-state index in [1.165, 1.54) is 22.1 Å². The second-order valence-electron chi connectivity index (χ2n) is 9.86. The van der Waals surface area contributed by atoms with Crippen LogP contribution in [0.4, 0.5) is 11.4 Å². The number of sulfonamides is 1. The molecule has 6 rings (SSSR count). The number of piperidine rings is 1. The predicted octanol–water partition coefficient (Wildman–Crippen LogP) is 4.66. The van der Waals surface area contributed by atoms with Crippen molar-refractivity contribution in [2.24, 2.45) is 0 Å². The number of morpholine rings is 1. The molecule has 2 aromatic carbocycles. The minimum Gasteiger partial charge on any atom is -0.379 e. The second kappa shape index (κ2) is 10.7. The van der Waals surface area contributed by atoms with Gasteiger partial charge >= 0.3 is 0 Å². The number of hydrogen-bond acceptors (Lipinski definition) is 7. The van der Waals surface area contributed by atoms with Crippen molar-refractivity contribution in [3.05, 3.63) is 65.2 Å². The van der Waals surface area contributed by atoms with Crippen molar-refractivity contribution in [2.45, 2.75) is 31.1 Å². The maximum Gasteiger partial charge on any atom is 0.265 e. The number of aryl methyl sites for hydroxylation is 1. The molecule has 1 N–H and O–H groups in total. The van der Waals surface area contributed by atoms with E-state index in [1.807, 2.05) is 54.1 Å². The molecular formula is C28H31N5O4S2. The molecule has 2 fully saturated rings. The van der Waals surface area contributed by atoms with E-state index in [0.29, 0.717) is 36.9 Å². The van der Waals surface area contributed by atoms with Crippen LogP contribution in [0.1, 0.15) is 34.6 Å². The summed E-state index contributed by atoms with van der Waals surface area (Å²) in [6.07, 6.45) is 3.29. The van der Waals surface area contributed by atoms with E-state index in [0.717, 1.165) is 53.2 Å². The molecule has 1 amide bonds. The lowest BCUT2D eigenvalue weighted by Gasteiger charge is -2.31. The second-order valence-corrected chi connectivity index (χ2v) is 12.8. The number of amides is 1. The summed E-state index contributed by atoms with van der Waals surface area (Å²) in [5, 5.41) is 8.66. The number of thiophene rings is 1.